The summed E-state index contributed by atoms with van der Waals surface area (Å²) in [6.45, 7) is 11.3. The second kappa shape index (κ2) is 16.1. The summed E-state index contributed by atoms with van der Waals surface area (Å²) in [6, 6.07) is 36.3. The maximum absolute atomic E-state index is 12.9. The number of carbonyl (C=O) groups excluding carboxylic acids is 2. The van der Waals surface area contributed by atoms with E-state index >= 15 is 0 Å². The van der Waals surface area contributed by atoms with E-state index in [0.29, 0.717) is 79.2 Å². The largest absolute Gasteiger partial charge is 0.489 e. The Hall–Kier alpha value is -6.74. The number of halogens is 1. The smallest absolute Gasteiger partial charge is 0.272 e. The van der Waals surface area contributed by atoms with Crippen LogP contribution in [-0.2, 0) is 39.4 Å². The summed E-state index contributed by atoms with van der Waals surface area (Å²) >= 11 is 0. The Kier molecular flexibility index (Phi) is 10.5. The number of hydrogen-bond donors (Lipinski definition) is 0. The Bertz CT molecular complexity index is 2230. The fourth-order valence-electron chi connectivity index (χ4n) is 6.12. The lowest BCUT2D eigenvalue weighted by Crippen LogP contribution is -2.39. The number of hydrogen-bond acceptors (Lipinski definition) is 6. The van der Waals surface area contributed by atoms with Crippen LogP contribution in [-0.4, -0.2) is 54.3 Å². The molecule has 53 heavy (non-hydrogen) atoms. The van der Waals surface area contributed by atoms with Crippen LogP contribution in [0, 0.1) is 12.4 Å². The van der Waals surface area contributed by atoms with Crippen molar-refractivity contribution in [3.05, 3.63) is 172 Å². The van der Waals surface area contributed by atoms with E-state index in [1.54, 1.807) is 57.9 Å². The van der Waals surface area contributed by atoms with Crippen LogP contribution >= 0.6 is 0 Å². The molecule has 6 aromatic rings. The second-order valence-electron chi connectivity index (χ2n) is 12.6. The fourth-order valence-corrected chi connectivity index (χ4v) is 6.12. The van der Waals surface area contributed by atoms with Gasteiger partial charge in [0.25, 0.3) is 11.8 Å². The van der Waals surface area contributed by atoms with Crippen molar-refractivity contribution in [2.75, 3.05) is 13.1 Å². The highest BCUT2D eigenvalue weighted by Crippen LogP contribution is 2.22. The van der Waals surface area contributed by atoms with E-state index in [4.69, 9.17) is 16.0 Å². The third kappa shape index (κ3) is 8.60. The SMILES string of the molecule is O=C1c2cc(COc3ccc(F)cc3)nn2CCN1Cc1ccccc1.[C-]#[N+]c1cccc(OCc2cc3n(n2)CCN(Cc2ccccc2)C3=O)c1. The molecule has 2 amide bonds. The van der Waals surface area contributed by atoms with Crippen molar-refractivity contribution in [2.24, 2.45) is 0 Å². The predicted molar refractivity (Wildman–Crippen MR) is 195 cm³/mol. The molecule has 4 aromatic carbocycles. The first-order valence-corrected chi connectivity index (χ1v) is 17.2. The van der Waals surface area contributed by atoms with Gasteiger partial charge in [-0.2, -0.15) is 10.2 Å². The van der Waals surface area contributed by atoms with Gasteiger partial charge in [0.15, 0.2) is 5.69 Å². The Morgan fingerprint density at radius 3 is 1.62 bits per heavy atom. The van der Waals surface area contributed by atoms with Gasteiger partial charge in [0.1, 0.15) is 53.3 Å². The second-order valence-corrected chi connectivity index (χ2v) is 12.6. The van der Waals surface area contributed by atoms with Gasteiger partial charge in [-0.3, -0.25) is 19.0 Å². The number of aromatic nitrogens is 4. The zero-order valence-corrected chi connectivity index (χ0v) is 28.8. The lowest BCUT2D eigenvalue weighted by Gasteiger charge is -2.27. The molecule has 0 saturated carbocycles. The van der Waals surface area contributed by atoms with Crippen molar-refractivity contribution in [1.29, 1.82) is 0 Å². The molecule has 8 rings (SSSR count). The predicted octanol–water partition coefficient (Wildman–Crippen LogP) is 6.93. The number of ether oxygens (including phenoxy) is 2. The van der Waals surface area contributed by atoms with E-state index in [1.807, 2.05) is 70.5 Å². The lowest BCUT2D eigenvalue weighted by molar-refractivity contribution is 0.0676. The number of amides is 2. The van der Waals surface area contributed by atoms with E-state index in [9.17, 15) is 14.0 Å². The monoisotopic (exact) mass is 709 g/mol. The molecule has 266 valence electrons. The summed E-state index contributed by atoms with van der Waals surface area (Å²) < 4.78 is 27.7. The minimum absolute atomic E-state index is 0.0149. The van der Waals surface area contributed by atoms with Gasteiger partial charge in [0.2, 0.25) is 0 Å². The molecule has 2 aromatic heterocycles. The van der Waals surface area contributed by atoms with Crippen molar-refractivity contribution in [1.82, 2.24) is 29.4 Å². The third-order valence-corrected chi connectivity index (χ3v) is 8.80. The molecule has 0 radical (unpaired) electrons. The van der Waals surface area contributed by atoms with Crippen molar-refractivity contribution < 1.29 is 23.5 Å². The van der Waals surface area contributed by atoms with Gasteiger partial charge in [-0.05, 0) is 59.7 Å². The molecule has 0 saturated heterocycles. The summed E-state index contributed by atoms with van der Waals surface area (Å²) in [4.78, 5) is 32.6. The molecular weight excluding hydrogens is 673 g/mol. The topological polar surface area (TPSA) is 99.1 Å². The van der Waals surface area contributed by atoms with Crippen molar-refractivity contribution in [3.8, 4) is 11.5 Å². The molecule has 12 heteroatoms. The van der Waals surface area contributed by atoms with Gasteiger partial charge in [0.05, 0.1) is 19.7 Å². The summed E-state index contributed by atoms with van der Waals surface area (Å²) in [5, 5.41) is 8.93. The minimum atomic E-state index is -0.307. The molecule has 0 bridgehead atoms. The molecule has 0 unspecified atom stereocenters. The van der Waals surface area contributed by atoms with E-state index < -0.39 is 0 Å². The summed E-state index contributed by atoms with van der Waals surface area (Å²) in [5.74, 6) is 0.833. The van der Waals surface area contributed by atoms with Crippen LogP contribution < -0.4 is 9.47 Å². The Labute approximate surface area is 306 Å². The van der Waals surface area contributed by atoms with E-state index in [-0.39, 0.29) is 30.8 Å². The highest BCUT2D eigenvalue weighted by Gasteiger charge is 2.28. The lowest BCUT2D eigenvalue weighted by atomic mass is 10.2. The number of rotatable bonds is 10. The first kappa shape index (κ1) is 34.7. The van der Waals surface area contributed by atoms with Crippen molar-refractivity contribution >= 4 is 17.5 Å². The van der Waals surface area contributed by atoms with Crippen LogP contribution in [0.4, 0.5) is 10.1 Å². The van der Waals surface area contributed by atoms with Crippen LogP contribution in [0.25, 0.3) is 4.85 Å². The van der Waals surface area contributed by atoms with Gasteiger partial charge >= 0.3 is 0 Å². The molecule has 0 atom stereocenters. The first-order valence-electron chi connectivity index (χ1n) is 17.2. The van der Waals surface area contributed by atoms with Crippen molar-refractivity contribution in [3.63, 3.8) is 0 Å². The van der Waals surface area contributed by atoms with Crippen LogP contribution in [0.1, 0.15) is 43.5 Å². The van der Waals surface area contributed by atoms with Gasteiger partial charge < -0.3 is 19.3 Å². The number of carbonyl (C=O) groups is 2. The first-order chi connectivity index (χ1) is 25.9. The zero-order valence-electron chi connectivity index (χ0n) is 28.8. The fraction of sp³-hybridized carbons (Fsp3) is 0.195. The summed E-state index contributed by atoms with van der Waals surface area (Å²) in [5.41, 5.74) is 5.29. The molecule has 2 aliphatic rings. The molecule has 0 spiro atoms. The van der Waals surface area contributed by atoms with Gasteiger partial charge in [-0.25, -0.2) is 9.24 Å². The quantitative estimate of drug-likeness (QED) is 0.143. The number of nitrogens with zero attached hydrogens (tertiary/aromatic N) is 7. The van der Waals surface area contributed by atoms with Crippen LogP contribution in [0.3, 0.4) is 0 Å². The molecule has 11 nitrogen and oxygen atoms in total. The number of benzene rings is 4. The van der Waals surface area contributed by atoms with E-state index in [1.165, 1.54) is 12.1 Å². The molecule has 0 fully saturated rings. The molecule has 4 heterocycles. The number of fused-ring (bicyclic) bond motifs is 2. The van der Waals surface area contributed by atoms with Crippen LogP contribution in [0.5, 0.6) is 11.5 Å². The van der Waals surface area contributed by atoms with Crippen LogP contribution in [0.15, 0.2) is 121 Å². The highest BCUT2D eigenvalue weighted by molar-refractivity contribution is 5.93. The minimum Gasteiger partial charge on any atom is -0.489 e. The third-order valence-electron chi connectivity index (χ3n) is 8.80. The molecule has 2 aliphatic heterocycles. The highest BCUT2D eigenvalue weighted by atomic mass is 19.1. The molecular formula is C41H36FN7O4. The van der Waals surface area contributed by atoms with Gasteiger partial charge in [0, 0.05) is 26.2 Å². The normalized spacial score (nSPS) is 13.4. The van der Waals surface area contributed by atoms with Crippen molar-refractivity contribution in [2.45, 2.75) is 39.4 Å². The van der Waals surface area contributed by atoms with E-state index in [2.05, 4.69) is 15.0 Å². The zero-order chi connectivity index (χ0) is 36.6. The van der Waals surface area contributed by atoms with E-state index in [0.717, 1.165) is 11.1 Å². The Balaban J connectivity index is 0.000000164. The van der Waals surface area contributed by atoms with Gasteiger partial charge in [-0.15, -0.1) is 0 Å². The molecule has 0 aliphatic carbocycles. The average molecular weight is 710 g/mol. The maximum Gasteiger partial charge on any atom is 0.272 e. The summed E-state index contributed by atoms with van der Waals surface area (Å²) in [6.07, 6.45) is 0. The van der Waals surface area contributed by atoms with Crippen LogP contribution in [0.2, 0.25) is 0 Å². The Morgan fingerprint density at radius 2 is 1.11 bits per heavy atom. The molecule has 0 N–H and O–H groups in total. The summed E-state index contributed by atoms with van der Waals surface area (Å²) in [7, 11) is 0. The standard InChI is InChI=1S/C21H18N4O2.C20H18FN3O2/c1-22-17-8-5-9-19(12-17)27-15-18-13-20-21(26)24(10-11-25(20)23-18)14-16-6-3-2-4-7-16;21-16-6-8-18(9-7-16)26-14-17-12-19-20(25)23(10-11-24(19)22-17)13-15-4-2-1-3-5-15/h2-9,12-13H,10-11,14-15H2;1-9,12H,10-11,13-14H2. The average Bonchev–Trinajstić information content (AvgIpc) is 3.82. The Morgan fingerprint density at radius 1 is 0.604 bits per heavy atom. The van der Waals surface area contributed by atoms with Gasteiger partial charge in [-0.1, -0.05) is 72.8 Å². The maximum atomic E-state index is 12.9.